The Bertz CT molecular complexity index is 762. The first-order valence-corrected chi connectivity index (χ1v) is 13.0. The molecule has 4 N–H and O–H groups in total. The van der Waals surface area contributed by atoms with Gasteiger partial charge in [-0.2, -0.15) is 0 Å². The molecule has 4 aliphatic rings. The van der Waals surface area contributed by atoms with Gasteiger partial charge >= 0.3 is 0 Å². The van der Waals surface area contributed by atoms with Crippen molar-refractivity contribution in [1.82, 2.24) is 26.2 Å². The molecule has 0 bridgehead atoms. The number of hydrogen-bond donors (Lipinski definition) is 4. The van der Waals surface area contributed by atoms with Crippen LogP contribution in [0.5, 0.6) is 0 Å². The number of amides is 2. The van der Waals surface area contributed by atoms with Crippen molar-refractivity contribution in [1.29, 1.82) is 0 Å². The van der Waals surface area contributed by atoms with Crippen molar-refractivity contribution >= 4 is 18.1 Å². The Balaban J connectivity index is 0.000000192. The van der Waals surface area contributed by atoms with Gasteiger partial charge in [-0.05, 0) is 71.7 Å². The monoisotopic (exact) mass is 473 g/mol. The Kier molecular flexibility index (Phi) is 10.3. The van der Waals surface area contributed by atoms with E-state index in [1.807, 2.05) is 12.2 Å². The summed E-state index contributed by atoms with van der Waals surface area (Å²) in [5, 5.41) is 12.3. The molecule has 0 aromatic heterocycles. The van der Waals surface area contributed by atoms with Gasteiger partial charge in [0.15, 0.2) is 0 Å². The highest BCUT2D eigenvalue weighted by atomic mass is 16.2. The van der Waals surface area contributed by atoms with Gasteiger partial charge in [-0.3, -0.25) is 9.59 Å². The van der Waals surface area contributed by atoms with Crippen molar-refractivity contribution in [3.8, 4) is 0 Å². The van der Waals surface area contributed by atoms with Crippen molar-refractivity contribution in [2.75, 3.05) is 27.2 Å². The van der Waals surface area contributed by atoms with Crippen LogP contribution in [0, 0.1) is 11.8 Å². The fourth-order valence-electron chi connectivity index (χ4n) is 5.56. The van der Waals surface area contributed by atoms with Gasteiger partial charge in [0.2, 0.25) is 11.8 Å². The number of likely N-dealkylation sites (tertiary alicyclic amines) is 1. The first-order chi connectivity index (χ1) is 16.4. The molecule has 190 valence electrons. The molecule has 4 rings (SSSR count). The molecule has 2 aliphatic heterocycles. The molecule has 2 heterocycles. The Morgan fingerprint density at radius 1 is 1.21 bits per heavy atom. The van der Waals surface area contributed by atoms with Gasteiger partial charge in [0.1, 0.15) is 6.29 Å². The summed E-state index contributed by atoms with van der Waals surface area (Å²) in [4.78, 5) is 37.4. The van der Waals surface area contributed by atoms with Crippen LogP contribution in [0.4, 0.5) is 0 Å². The van der Waals surface area contributed by atoms with Crippen LogP contribution >= 0.6 is 0 Å². The number of aldehydes is 1. The number of carbonyl (C=O) groups excluding carboxylic acids is 3. The molecule has 2 aliphatic carbocycles. The molecule has 0 aromatic rings. The van der Waals surface area contributed by atoms with Gasteiger partial charge in [0.05, 0.1) is 18.0 Å². The number of nitrogens with one attached hydrogen (secondary N) is 4. The number of likely N-dealkylation sites (N-methyl/N-ethyl adjacent to an activating group) is 2. The van der Waals surface area contributed by atoms with Gasteiger partial charge in [0, 0.05) is 24.3 Å². The molecule has 5 atom stereocenters. The first kappa shape index (κ1) is 26.6. The third-order valence-electron chi connectivity index (χ3n) is 7.80. The van der Waals surface area contributed by atoms with Crippen LogP contribution in [0.1, 0.15) is 58.3 Å². The van der Waals surface area contributed by atoms with Crippen molar-refractivity contribution in [2.45, 2.75) is 82.5 Å². The van der Waals surface area contributed by atoms with Crippen LogP contribution in [0.15, 0.2) is 23.9 Å². The molecular weight excluding hydrogens is 430 g/mol. The van der Waals surface area contributed by atoms with Crippen LogP contribution in [0.3, 0.4) is 0 Å². The summed E-state index contributed by atoms with van der Waals surface area (Å²) < 4.78 is 0. The summed E-state index contributed by atoms with van der Waals surface area (Å²) in [7, 11) is 3.86. The Morgan fingerprint density at radius 3 is 2.62 bits per heavy atom. The average molecular weight is 474 g/mol. The molecule has 3 fully saturated rings. The summed E-state index contributed by atoms with van der Waals surface area (Å²) in [6.45, 7) is 3.70. The van der Waals surface area contributed by atoms with Crippen molar-refractivity contribution in [2.24, 2.45) is 11.8 Å². The molecule has 8 nitrogen and oxygen atoms in total. The summed E-state index contributed by atoms with van der Waals surface area (Å²) in [6, 6.07) is 0.338. The van der Waals surface area contributed by atoms with Gasteiger partial charge in [-0.1, -0.05) is 31.4 Å². The van der Waals surface area contributed by atoms with Gasteiger partial charge in [0.25, 0.3) is 0 Å². The van der Waals surface area contributed by atoms with Crippen LogP contribution in [0.2, 0.25) is 0 Å². The highest BCUT2D eigenvalue weighted by molar-refractivity contribution is 5.84. The standard InChI is InChI=1S/C14H21N3O.C12H22N2O2/c1-17-8-7-12-13(17)11(9-15-12)14(18)16-10-5-3-2-4-6-10;1-9(13-2)12(16)14-11(8-15)10-6-4-3-5-7-10/h2-3,5,11-13,15H,4,6-9H2,1H3,(H,16,18);8-11,13H,3-7H2,1-2H3,(H,14,16)/t11?,12-,13-;9-,11?/m10/s1. The molecular formula is C26H43N5O3. The van der Waals surface area contributed by atoms with E-state index in [1.165, 1.54) is 19.3 Å². The molecule has 2 saturated heterocycles. The van der Waals surface area contributed by atoms with E-state index < -0.39 is 0 Å². The fraction of sp³-hybridized carbons (Fsp3) is 0.731. The summed E-state index contributed by atoms with van der Waals surface area (Å²) in [5.74, 6) is 0.518. The molecule has 0 radical (unpaired) electrons. The minimum absolute atomic E-state index is 0.0920. The smallest absolute Gasteiger partial charge is 0.237 e. The number of nitrogens with zero attached hydrogens (tertiary/aromatic N) is 1. The maximum absolute atomic E-state index is 12.4. The Hall–Kier alpha value is -2.03. The predicted molar refractivity (Wildman–Crippen MR) is 134 cm³/mol. The van der Waals surface area contributed by atoms with E-state index >= 15 is 0 Å². The molecule has 34 heavy (non-hydrogen) atoms. The third kappa shape index (κ3) is 6.99. The van der Waals surface area contributed by atoms with E-state index in [1.54, 1.807) is 14.0 Å². The zero-order valence-electron chi connectivity index (χ0n) is 21.0. The number of hydrogen-bond acceptors (Lipinski definition) is 6. The van der Waals surface area contributed by atoms with E-state index in [0.717, 1.165) is 57.2 Å². The van der Waals surface area contributed by atoms with Crippen LogP contribution in [-0.4, -0.2) is 74.4 Å². The average Bonchev–Trinajstić information content (AvgIpc) is 3.46. The quantitative estimate of drug-likeness (QED) is 0.418. The lowest BCUT2D eigenvalue weighted by Crippen LogP contribution is -2.48. The maximum atomic E-state index is 12.4. The van der Waals surface area contributed by atoms with E-state index in [9.17, 15) is 14.4 Å². The van der Waals surface area contributed by atoms with E-state index in [-0.39, 0.29) is 29.8 Å². The number of fused-ring (bicyclic) bond motifs is 1. The largest absolute Gasteiger partial charge is 0.345 e. The SMILES string of the molecule is CN1CC[C@H]2NCC(C(=O)NC3=CC=CCC3)[C@H]21.CN[C@@H](C)C(=O)NC(C=O)C1CCCCC1. The van der Waals surface area contributed by atoms with Gasteiger partial charge < -0.3 is 31.0 Å². The molecule has 2 amide bonds. The second-order valence-electron chi connectivity index (χ2n) is 10.1. The number of allylic oxidation sites excluding steroid dienone is 4. The normalized spacial score (nSPS) is 28.7. The third-order valence-corrected chi connectivity index (χ3v) is 7.80. The Morgan fingerprint density at radius 2 is 1.97 bits per heavy atom. The lowest BCUT2D eigenvalue weighted by molar-refractivity contribution is -0.126. The highest BCUT2D eigenvalue weighted by Crippen LogP contribution is 2.28. The van der Waals surface area contributed by atoms with E-state index in [4.69, 9.17) is 0 Å². The lowest BCUT2D eigenvalue weighted by atomic mass is 9.84. The zero-order chi connectivity index (χ0) is 24.5. The van der Waals surface area contributed by atoms with Crippen molar-refractivity contribution in [3.05, 3.63) is 23.9 Å². The highest BCUT2D eigenvalue weighted by Gasteiger charge is 2.45. The molecule has 0 spiro atoms. The van der Waals surface area contributed by atoms with E-state index in [0.29, 0.717) is 18.0 Å². The van der Waals surface area contributed by atoms with Gasteiger partial charge in [-0.15, -0.1) is 0 Å². The van der Waals surface area contributed by atoms with Gasteiger partial charge in [-0.25, -0.2) is 0 Å². The topological polar surface area (TPSA) is 103 Å². The maximum Gasteiger partial charge on any atom is 0.237 e. The minimum atomic E-state index is -0.302. The summed E-state index contributed by atoms with van der Waals surface area (Å²) >= 11 is 0. The van der Waals surface area contributed by atoms with Crippen molar-refractivity contribution < 1.29 is 14.4 Å². The zero-order valence-corrected chi connectivity index (χ0v) is 21.0. The van der Waals surface area contributed by atoms with E-state index in [2.05, 4.69) is 39.3 Å². The second-order valence-corrected chi connectivity index (χ2v) is 10.1. The summed E-state index contributed by atoms with van der Waals surface area (Å²) in [5.41, 5.74) is 1.06. The fourth-order valence-corrected chi connectivity index (χ4v) is 5.56. The van der Waals surface area contributed by atoms with Crippen LogP contribution in [-0.2, 0) is 14.4 Å². The Labute approximate surface area is 204 Å². The second kappa shape index (κ2) is 13.2. The predicted octanol–water partition coefficient (Wildman–Crippen LogP) is 1.49. The van der Waals surface area contributed by atoms with Crippen molar-refractivity contribution in [3.63, 3.8) is 0 Å². The molecule has 1 saturated carbocycles. The first-order valence-electron chi connectivity index (χ1n) is 13.0. The number of rotatable bonds is 7. The number of carbonyl (C=O) groups is 3. The van der Waals surface area contributed by atoms with Crippen LogP contribution < -0.4 is 21.3 Å². The molecule has 0 aromatic carbocycles. The van der Waals surface area contributed by atoms with Crippen LogP contribution in [0.25, 0.3) is 0 Å². The molecule has 2 unspecified atom stereocenters. The summed E-state index contributed by atoms with van der Waals surface area (Å²) in [6.07, 6.45) is 15.9. The lowest BCUT2D eigenvalue weighted by Gasteiger charge is -2.28. The molecule has 8 heteroatoms. The minimum Gasteiger partial charge on any atom is -0.345 e.